The Balaban J connectivity index is 1.53. The number of nitrogens with one attached hydrogen (secondary N) is 1. The number of aromatic nitrogens is 2. The van der Waals surface area contributed by atoms with Crippen molar-refractivity contribution in [2.45, 2.75) is 70.8 Å². The number of ether oxygens (including phenoxy) is 2. The molecule has 0 aliphatic carbocycles. The molecule has 3 aromatic carbocycles. The molecular formula is C33H38F3N5O2. The quantitative estimate of drug-likeness (QED) is 0.213. The minimum absolute atomic E-state index is 0.0306. The third-order valence-corrected chi connectivity index (χ3v) is 8.53. The molecule has 1 fully saturated rings. The monoisotopic (exact) mass is 593 g/mol. The molecule has 0 saturated carbocycles. The zero-order chi connectivity index (χ0) is 30.9. The lowest BCUT2D eigenvalue weighted by Gasteiger charge is -2.55. The van der Waals surface area contributed by atoms with Gasteiger partial charge >= 0.3 is 6.61 Å². The minimum atomic E-state index is -3.02. The largest absolute Gasteiger partial charge is 0.493 e. The summed E-state index contributed by atoms with van der Waals surface area (Å²) in [6.07, 6.45) is 2.72. The topological polar surface area (TPSA) is 62.8 Å². The predicted molar refractivity (Wildman–Crippen MR) is 164 cm³/mol. The van der Waals surface area contributed by atoms with E-state index in [1.54, 1.807) is 6.07 Å². The number of nitrogens with zero attached hydrogens (tertiary/aromatic N) is 4. The van der Waals surface area contributed by atoms with E-state index in [0.29, 0.717) is 12.2 Å². The molecule has 228 valence electrons. The Morgan fingerprint density at radius 1 is 0.977 bits per heavy atom. The van der Waals surface area contributed by atoms with Crippen LogP contribution in [-0.4, -0.2) is 52.8 Å². The van der Waals surface area contributed by atoms with Crippen LogP contribution in [0, 0.1) is 5.82 Å². The Hall–Kier alpha value is -4.05. The molecule has 1 N–H and O–H groups in total. The van der Waals surface area contributed by atoms with Gasteiger partial charge in [-0.25, -0.2) is 9.37 Å². The summed E-state index contributed by atoms with van der Waals surface area (Å²) in [6.45, 7) is 6.25. The summed E-state index contributed by atoms with van der Waals surface area (Å²) in [6, 6.07) is 18.9. The Kier molecular flexibility index (Phi) is 8.42. The number of likely N-dealkylation sites (tertiary alicyclic amines) is 1. The predicted octanol–water partition coefficient (Wildman–Crippen LogP) is 7.78. The first kappa shape index (κ1) is 30.4. The average Bonchev–Trinajstić information content (AvgIpc) is 2.95. The Morgan fingerprint density at radius 3 is 2.35 bits per heavy atom. The number of methoxy groups -OCH3 is 1. The third kappa shape index (κ3) is 6.64. The lowest BCUT2D eigenvalue weighted by atomic mass is 9.77. The highest BCUT2D eigenvalue weighted by molar-refractivity contribution is 5.83. The summed E-state index contributed by atoms with van der Waals surface area (Å²) in [7, 11) is 3.50. The van der Waals surface area contributed by atoms with Crippen LogP contribution in [0.2, 0.25) is 0 Å². The number of alkyl halides is 2. The zero-order valence-electron chi connectivity index (χ0n) is 25.4. The number of piperidine rings is 1. The van der Waals surface area contributed by atoms with Gasteiger partial charge in [0.25, 0.3) is 0 Å². The van der Waals surface area contributed by atoms with Crippen molar-refractivity contribution in [3.8, 4) is 11.5 Å². The first-order chi connectivity index (χ1) is 20.4. The number of hydrogen-bond donors (Lipinski definition) is 1. The van der Waals surface area contributed by atoms with Gasteiger partial charge in [0.1, 0.15) is 0 Å². The normalized spacial score (nSPS) is 16.8. The fourth-order valence-corrected chi connectivity index (χ4v) is 6.14. The van der Waals surface area contributed by atoms with Crippen LogP contribution in [0.5, 0.6) is 11.5 Å². The Bertz CT molecular complexity index is 1580. The molecule has 1 aliphatic rings. The molecule has 43 heavy (non-hydrogen) atoms. The highest BCUT2D eigenvalue weighted by atomic mass is 19.3. The van der Waals surface area contributed by atoms with Crippen molar-refractivity contribution in [2.75, 3.05) is 24.4 Å². The molecule has 4 aromatic rings. The van der Waals surface area contributed by atoms with Gasteiger partial charge in [-0.2, -0.15) is 13.8 Å². The highest BCUT2D eigenvalue weighted by Crippen LogP contribution is 2.41. The Morgan fingerprint density at radius 2 is 1.67 bits per heavy atom. The fourth-order valence-electron chi connectivity index (χ4n) is 6.14. The van der Waals surface area contributed by atoms with Gasteiger partial charge in [0.2, 0.25) is 5.95 Å². The molecule has 0 atom stereocenters. The van der Waals surface area contributed by atoms with E-state index in [1.807, 2.05) is 17.0 Å². The second-order valence-corrected chi connectivity index (χ2v) is 12.3. The van der Waals surface area contributed by atoms with Gasteiger partial charge in [0.15, 0.2) is 23.1 Å². The van der Waals surface area contributed by atoms with E-state index < -0.39 is 12.4 Å². The number of fused-ring (bicyclic) bond motifs is 1. The van der Waals surface area contributed by atoms with E-state index in [9.17, 15) is 8.78 Å². The average molecular weight is 594 g/mol. The van der Waals surface area contributed by atoms with E-state index in [1.165, 1.54) is 19.2 Å². The maximum absolute atomic E-state index is 15.7. The SMILES string of the molecule is COc1ccc(Nc2ncc(F)c(N(Cc3ccc4ccccc4c3)C3CC(C)(C)N(C)C(C)(C)C3)n2)cc1OC(F)F. The first-order valence-corrected chi connectivity index (χ1v) is 14.3. The van der Waals surface area contributed by atoms with Crippen molar-refractivity contribution in [1.29, 1.82) is 0 Å². The summed E-state index contributed by atoms with van der Waals surface area (Å²) in [5, 5.41) is 5.26. The standard InChI is InChI=1S/C33H38F3N5O2/c1-32(2)17-25(18-33(3,4)40(32)5)41(20-21-11-12-22-9-7-8-10-23(22)15-21)29-26(34)19-37-31(39-29)38-24-13-14-27(42-6)28(16-24)43-30(35)36/h7-16,19,25,30H,17-18,20H2,1-6H3,(H,37,38,39). The molecule has 1 aliphatic heterocycles. The van der Waals surface area contributed by atoms with Gasteiger partial charge in [-0.1, -0.05) is 36.4 Å². The van der Waals surface area contributed by atoms with Gasteiger partial charge in [-0.05, 0) is 82.1 Å². The molecule has 5 rings (SSSR count). The van der Waals surface area contributed by atoms with E-state index in [0.717, 1.165) is 35.4 Å². The molecule has 0 unspecified atom stereocenters. The van der Waals surface area contributed by atoms with E-state index >= 15 is 4.39 Å². The van der Waals surface area contributed by atoms with Crippen molar-refractivity contribution >= 4 is 28.2 Å². The van der Waals surface area contributed by atoms with Crippen LogP contribution >= 0.6 is 0 Å². The summed E-state index contributed by atoms with van der Waals surface area (Å²) in [4.78, 5) is 13.2. The molecule has 7 nitrogen and oxygen atoms in total. The molecule has 0 bridgehead atoms. The van der Waals surface area contributed by atoms with E-state index in [2.05, 4.69) is 90.0 Å². The maximum Gasteiger partial charge on any atom is 0.387 e. The minimum Gasteiger partial charge on any atom is -0.493 e. The van der Waals surface area contributed by atoms with Crippen LogP contribution in [-0.2, 0) is 6.54 Å². The van der Waals surface area contributed by atoms with Crippen molar-refractivity contribution < 1.29 is 22.6 Å². The van der Waals surface area contributed by atoms with Crippen LogP contribution in [0.3, 0.4) is 0 Å². The molecule has 10 heteroatoms. The molecule has 0 spiro atoms. The zero-order valence-corrected chi connectivity index (χ0v) is 25.4. The van der Waals surface area contributed by atoms with Gasteiger partial charge < -0.3 is 19.7 Å². The number of anilines is 3. The second kappa shape index (κ2) is 11.9. The van der Waals surface area contributed by atoms with Gasteiger partial charge in [0, 0.05) is 35.4 Å². The molecule has 1 aromatic heterocycles. The van der Waals surface area contributed by atoms with Crippen LogP contribution in [0.15, 0.2) is 66.9 Å². The molecule has 1 saturated heterocycles. The van der Waals surface area contributed by atoms with E-state index in [-0.39, 0.29) is 40.4 Å². The molecule has 0 radical (unpaired) electrons. The van der Waals surface area contributed by atoms with Crippen molar-refractivity contribution in [2.24, 2.45) is 0 Å². The number of benzene rings is 3. The summed E-state index contributed by atoms with van der Waals surface area (Å²) in [5.74, 6) is -0.236. The van der Waals surface area contributed by atoms with Gasteiger partial charge in [-0.3, -0.25) is 4.90 Å². The summed E-state index contributed by atoms with van der Waals surface area (Å²) < 4.78 is 51.4. The van der Waals surface area contributed by atoms with Crippen LogP contribution in [0.4, 0.5) is 30.6 Å². The molecular weight excluding hydrogens is 555 g/mol. The summed E-state index contributed by atoms with van der Waals surface area (Å²) in [5.41, 5.74) is 1.12. The number of hydrogen-bond acceptors (Lipinski definition) is 7. The molecule has 2 heterocycles. The van der Waals surface area contributed by atoms with Gasteiger partial charge in [0.05, 0.1) is 13.3 Å². The lowest BCUT2D eigenvalue weighted by molar-refractivity contribution is -0.0511. The van der Waals surface area contributed by atoms with Crippen molar-refractivity contribution in [3.05, 3.63) is 78.2 Å². The fraction of sp³-hybridized carbons (Fsp3) is 0.394. The lowest BCUT2D eigenvalue weighted by Crippen LogP contribution is -2.62. The second-order valence-electron chi connectivity index (χ2n) is 12.3. The number of halogens is 3. The van der Waals surface area contributed by atoms with Gasteiger partial charge in [-0.15, -0.1) is 0 Å². The molecule has 0 amide bonds. The third-order valence-electron chi connectivity index (χ3n) is 8.53. The Labute approximate surface area is 250 Å². The van der Waals surface area contributed by atoms with E-state index in [4.69, 9.17) is 4.74 Å². The maximum atomic E-state index is 15.7. The van der Waals surface area contributed by atoms with Crippen LogP contribution in [0.1, 0.15) is 46.1 Å². The number of rotatable bonds is 9. The summed E-state index contributed by atoms with van der Waals surface area (Å²) >= 11 is 0. The first-order valence-electron chi connectivity index (χ1n) is 14.3. The van der Waals surface area contributed by atoms with Crippen molar-refractivity contribution in [3.63, 3.8) is 0 Å². The van der Waals surface area contributed by atoms with Crippen LogP contribution in [0.25, 0.3) is 10.8 Å². The highest BCUT2D eigenvalue weighted by Gasteiger charge is 2.45. The van der Waals surface area contributed by atoms with Crippen molar-refractivity contribution in [1.82, 2.24) is 14.9 Å². The van der Waals surface area contributed by atoms with Crippen LogP contribution < -0.4 is 19.7 Å². The smallest absolute Gasteiger partial charge is 0.387 e.